The van der Waals surface area contributed by atoms with Crippen LogP contribution in [0.3, 0.4) is 0 Å². The van der Waals surface area contributed by atoms with E-state index in [1.54, 1.807) is 0 Å². The second kappa shape index (κ2) is 9.21. The summed E-state index contributed by atoms with van der Waals surface area (Å²) in [5.74, 6) is -6.61. The molecule has 0 aromatic heterocycles. The molecule has 1 fully saturated rings. The van der Waals surface area contributed by atoms with Gasteiger partial charge in [-0.2, -0.15) is 14.0 Å². The number of ether oxygens (including phenoxy) is 1. The van der Waals surface area contributed by atoms with Crippen molar-refractivity contribution in [3.8, 4) is 11.8 Å². The van der Waals surface area contributed by atoms with Crippen LogP contribution in [0, 0.1) is 40.5 Å². The summed E-state index contributed by atoms with van der Waals surface area (Å²) in [5.41, 5.74) is -2.30. The van der Waals surface area contributed by atoms with Crippen molar-refractivity contribution in [2.75, 3.05) is 0 Å². The van der Waals surface area contributed by atoms with Crippen LogP contribution in [0.15, 0.2) is 24.3 Å². The van der Waals surface area contributed by atoms with Crippen LogP contribution in [-0.2, 0) is 6.11 Å². The lowest BCUT2D eigenvalue weighted by Crippen LogP contribution is -2.25. The zero-order chi connectivity index (χ0) is 22.8. The number of benzene rings is 2. The highest BCUT2D eigenvalue weighted by Gasteiger charge is 2.40. The molecule has 166 valence electrons. The Hall–Kier alpha value is -2.69. The number of hydrogen-bond acceptors (Lipinski definition) is 2. The van der Waals surface area contributed by atoms with Crippen molar-refractivity contribution in [3.63, 3.8) is 0 Å². The third-order valence-corrected chi connectivity index (χ3v) is 5.78. The fourth-order valence-electron chi connectivity index (χ4n) is 4.19. The zero-order valence-corrected chi connectivity index (χ0v) is 16.8. The van der Waals surface area contributed by atoms with Crippen molar-refractivity contribution in [2.45, 2.75) is 57.5 Å². The fraction of sp³-hybridized carbons (Fsp3) is 0.435. The molecule has 3 rings (SSSR count). The van der Waals surface area contributed by atoms with Gasteiger partial charge in [0.2, 0.25) is 0 Å². The van der Waals surface area contributed by atoms with E-state index in [0.29, 0.717) is 30.9 Å². The first-order valence-corrected chi connectivity index (χ1v) is 10.1. The summed E-state index contributed by atoms with van der Waals surface area (Å²) in [6, 6.07) is 3.87. The smallest absolute Gasteiger partial charge is 0.429 e. The van der Waals surface area contributed by atoms with E-state index in [2.05, 4.69) is 11.7 Å². The maximum atomic E-state index is 14.7. The molecular weight excluding hydrogens is 420 g/mol. The molecule has 0 amide bonds. The number of halogens is 6. The van der Waals surface area contributed by atoms with E-state index in [9.17, 15) is 26.3 Å². The molecule has 2 nitrogen and oxygen atoms in total. The quantitative estimate of drug-likeness (QED) is 0.440. The highest BCUT2D eigenvalue weighted by molar-refractivity contribution is 5.39. The number of nitrogens with zero attached hydrogens (tertiary/aromatic N) is 1. The molecule has 0 atom stereocenters. The van der Waals surface area contributed by atoms with Crippen LogP contribution < -0.4 is 4.74 Å². The predicted octanol–water partition coefficient (Wildman–Crippen LogP) is 7.32. The summed E-state index contributed by atoms with van der Waals surface area (Å²) in [6.45, 7) is 2.09. The first-order valence-electron chi connectivity index (χ1n) is 10.1. The highest BCUT2D eigenvalue weighted by Crippen LogP contribution is 2.41. The van der Waals surface area contributed by atoms with Crippen LogP contribution >= 0.6 is 0 Å². The molecule has 0 spiro atoms. The molecule has 2 aromatic carbocycles. The number of alkyl halides is 2. The Morgan fingerprint density at radius 1 is 1.00 bits per heavy atom. The van der Waals surface area contributed by atoms with E-state index in [1.165, 1.54) is 6.07 Å². The lowest BCUT2D eigenvalue weighted by atomic mass is 9.77. The molecule has 1 saturated carbocycles. The molecule has 0 bridgehead atoms. The van der Waals surface area contributed by atoms with E-state index in [0.717, 1.165) is 37.8 Å². The molecule has 0 radical (unpaired) electrons. The average molecular weight is 441 g/mol. The van der Waals surface area contributed by atoms with Crippen LogP contribution in [0.5, 0.6) is 5.75 Å². The van der Waals surface area contributed by atoms with Gasteiger partial charge in [0.05, 0.1) is 0 Å². The largest absolute Gasteiger partial charge is 0.429 e. The van der Waals surface area contributed by atoms with Gasteiger partial charge >= 0.3 is 6.11 Å². The Bertz CT molecular complexity index is 969. The Labute approximate surface area is 176 Å². The molecule has 1 aliphatic carbocycles. The molecule has 0 heterocycles. The van der Waals surface area contributed by atoms with Gasteiger partial charge in [-0.3, -0.25) is 0 Å². The van der Waals surface area contributed by atoms with Crippen molar-refractivity contribution >= 4 is 0 Å². The summed E-state index contributed by atoms with van der Waals surface area (Å²) in [4.78, 5) is 0. The van der Waals surface area contributed by atoms with Crippen LogP contribution in [0.2, 0.25) is 0 Å². The van der Waals surface area contributed by atoms with Gasteiger partial charge in [0, 0.05) is 12.1 Å². The monoisotopic (exact) mass is 441 g/mol. The second-order valence-electron chi connectivity index (χ2n) is 7.83. The molecule has 2 aromatic rings. The molecule has 0 saturated heterocycles. The van der Waals surface area contributed by atoms with Crippen molar-refractivity contribution in [3.05, 3.63) is 64.2 Å². The SMILES string of the molecule is CCCC1CCC(c2ccc(C(F)(F)Oc3cc(F)c(C#N)c(F)c3)c(F)c2F)CC1. The minimum Gasteiger partial charge on any atom is -0.429 e. The number of rotatable bonds is 6. The summed E-state index contributed by atoms with van der Waals surface area (Å²) >= 11 is 0. The molecule has 0 N–H and O–H groups in total. The van der Waals surface area contributed by atoms with Crippen molar-refractivity contribution in [1.82, 2.24) is 0 Å². The lowest BCUT2D eigenvalue weighted by molar-refractivity contribution is -0.187. The minimum absolute atomic E-state index is 0.0439. The summed E-state index contributed by atoms with van der Waals surface area (Å²) in [5, 5.41) is 8.63. The van der Waals surface area contributed by atoms with Gasteiger partial charge in [-0.25, -0.2) is 17.6 Å². The molecule has 1 aliphatic rings. The Kier molecular flexibility index (Phi) is 6.83. The van der Waals surface area contributed by atoms with Gasteiger partial charge in [0.15, 0.2) is 11.6 Å². The Balaban J connectivity index is 1.83. The maximum Gasteiger partial charge on any atom is 0.429 e. The Morgan fingerprint density at radius 2 is 1.61 bits per heavy atom. The van der Waals surface area contributed by atoms with E-state index < -0.39 is 46.3 Å². The van der Waals surface area contributed by atoms with Gasteiger partial charge in [-0.15, -0.1) is 0 Å². The van der Waals surface area contributed by atoms with Gasteiger partial charge in [-0.1, -0.05) is 25.8 Å². The van der Waals surface area contributed by atoms with E-state index in [4.69, 9.17) is 5.26 Å². The molecule has 31 heavy (non-hydrogen) atoms. The topological polar surface area (TPSA) is 33.0 Å². The van der Waals surface area contributed by atoms with Crippen molar-refractivity contribution < 1.29 is 31.1 Å². The van der Waals surface area contributed by atoms with Crippen molar-refractivity contribution in [2.24, 2.45) is 5.92 Å². The van der Waals surface area contributed by atoms with Crippen LogP contribution in [0.25, 0.3) is 0 Å². The van der Waals surface area contributed by atoms with E-state index >= 15 is 0 Å². The second-order valence-corrected chi connectivity index (χ2v) is 7.83. The van der Waals surface area contributed by atoms with Gasteiger partial charge < -0.3 is 4.74 Å². The minimum atomic E-state index is -4.39. The van der Waals surface area contributed by atoms with Gasteiger partial charge in [-0.05, 0) is 49.1 Å². The maximum absolute atomic E-state index is 14.7. The molecule has 0 unspecified atom stereocenters. The normalized spacial score (nSPS) is 19.2. The first kappa shape index (κ1) is 23.0. The molecule has 8 heteroatoms. The predicted molar refractivity (Wildman–Crippen MR) is 102 cm³/mol. The zero-order valence-electron chi connectivity index (χ0n) is 16.8. The lowest BCUT2D eigenvalue weighted by Gasteiger charge is -2.29. The van der Waals surface area contributed by atoms with E-state index in [1.807, 2.05) is 0 Å². The average Bonchev–Trinajstić information content (AvgIpc) is 2.70. The third-order valence-electron chi connectivity index (χ3n) is 5.78. The Morgan fingerprint density at radius 3 is 2.16 bits per heavy atom. The highest BCUT2D eigenvalue weighted by atomic mass is 19.3. The van der Waals surface area contributed by atoms with E-state index in [-0.39, 0.29) is 11.5 Å². The summed E-state index contributed by atoms with van der Waals surface area (Å²) in [7, 11) is 0. The fourth-order valence-corrected chi connectivity index (χ4v) is 4.19. The molecular formula is C23H21F6NO. The molecule has 0 aliphatic heterocycles. The van der Waals surface area contributed by atoms with Gasteiger partial charge in [0.25, 0.3) is 0 Å². The van der Waals surface area contributed by atoms with Crippen LogP contribution in [0.4, 0.5) is 26.3 Å². The first-order chi connectivity index (χ1) is 14.7. The van der Waals surface area contributed by atoms with Gasteiger partial charge in [0.1, 0.15) is 34.6 Å². The number of hydrogen-bond donors (Lipinski definition) is 0. The van der Waals surface area contributed by atoms with Crippen molar-refractivity contribution in [1.29, 1.82) is 5.26 Å². The van der Waals surface area contributed by atoms with Crippen LogP contribution in [0.1, 0.15) is 68.1 Å². The van der Waals surface area contributed by atoms with Crippen LogP contribution in [-0.4, -0.2) is 0 Å². The summed E-state index contributed by atoms with van der Waals surface area (Å²) in [6.07, 6.45) is 0.772. The standard InChI is InChI=1S/C23H21F6NO/c1-2-3-13-4-6-14(7-5-13)16-8-9-18(22(27)21(16)26)23(28,29)31-15-10-19(24)17(12-30)20(25)11-15/h8-11,13-14H,2-7H2,1H3. The third kappa shape index (κ3) is 4.81. The number of nitriles is 1. The summed E-state index contributed by atoms with van der Waals surface area (Å²) < 4.78 is 89.8.